The van der Waals surface area contributed by atoms with Crippen LogP contribution < -0.4 is 4.31 Å². The van der Waals surface area contributed by atoms with E-state index < -0.39 is 10.0 Å². The van der Waals surface area contributed by atoms with Crippen LogP contribution in [-0.2, 0) is 23.0 Å². The highest BCUT2D eigenvalue weighted by molar-refractivity contribution is 7.92. The SMILES string of the molecule is CCc1nc(S(=O)(=O)N(C)c2nc(C)cc(C)n2)cn1CC1CC1. The largest absolute Gasteiger partial charge is 0.333 e. The van der Waals surface area contributed by atoms with E-state index in [1.807, 2.05) is 31.4 Å². The summed E-state index contributed by atoms with van der Waals surface area (Å²) in [6.07, 6.45) is 4.76. The van der Waals surface area contributed by atoms with Crippen LogP contribution in [0.4, 0.5) is 5.95 Å². The highest BCUT2D eigenvalue weighted by Crippen LogP contribution is 2.31. The first kappa shape index (κ1) is 16.9. The van der Waals surface area contributed by atoms with E-state index >= 15 is 0 Å². The maximum atomic E-state index is 12.9. The predicted molar refractivity (Wildman–Crippen MR) is 91.4 cm³/mol. The van der Waals surface area contributed by atoms with E-state index in [0.717, 1.165) is 28.1 Å². The average molecular weight is 349 g/mol. The molecule has 3 rings (SSSR count). The molecule has 0 amide bonds. The molecule has 0 spiro atoms. The van der Waals surface area contributed by atoms with Gasteiger partial charge < -0.3 is 4.57 Å². The van der Waals surface area contributed by atoms with Crippen LogP contribution in [0.1, 0.15) is 37.0 Å². The number of hydrogen-bond donors (Lipinski definition) is 0. The Balaban J connectivity index is 1.95. The third kappa shape index (κ3) is 3.28. The van der Waals surface area contributed by atoms with Crippen molar-refractivity contribution in [1.29, 1.82) is 0 Å². The van der Waals surface area contributed by atoms with E-state index in [-0.39, 0.29) is 11.0 Å². The van der Waals surface area contributed by atoms with E-state index in [1.165, 1.54) is 19.9 Å². The molecule has 2 heterocycles. The Morgan fingerprint density at radius 1 is 1.21 bits per heavy atom. The molecule has 7 nitrogen and oxygen atoms in total. The Bertz CT molecular complexity index is 835. The van der Waals surface area contributed by atoms with Crippen LogP contribution in [0.2, 0.25) is 0 Å². The Morgan fingerprint density at radius 2 is 1.83 bits per heavy atom. The van der Waals surface area contributed by atoms with Crippen LogP contribution in [0.5, 0.6) is 0 Å². The van der Waals surface area contributed by atoms with Gasteiger partial charge in [-0.25, -0.2) is 19.3 Å². The molecule has 24 heavy (non-hydrogen) atoms. The van der Waals surface area contributed by atoms with Crippen molar-refractivity contribution in [3.63, 3.8) is 0 Å². The van der Waals surface area contributed by atoms with Crippen molar-refractivity contribution in [3.8, 4) is 0 Å². The highest BCUT2D eigenvalue weighted by Gasteiger charge is 2.29. The summed E-state index contributed by atoms with van der Waals surface area (Å²) in [5.41, 5.74) is 1.46. The van der Waals surface area contributed by atoms with Gasteiger partial charge in [0.15, 0.2) is 5.03 Å². The van der Waals surface area contributed by atoms with E-state index in [0.29, 0.717) is 12.3 Å². The topological polar surface area (TPSA) is 81.0 Å². The molecule has 0 aromatic carbocycles. The molecule has 1 aliphatic carbocycles. The van der Waals surface area contributed by atoms with Crippen LogP contribution >= 0.6 is 0 Å². The summed E-state index contributed by atoms with van der Waals surface area (Å²) in [5.74, 6) is 1.62. The molecule has 1 saturated carbocycles. The molecule has 2 aromatic heterocycles. The zero-order valence-corrected chi connectivity index (χ0v) is 15.3. The van der Waals surface area contributed by atoms with Gasteiger partial charge in [0.05, 0.1) is 0 Å². The van der Waals surface area contributed by atoms with E-state index in [2.05, 4.69) is 15.0 Å². The van der Waals surface area contributed by atoms with Crippen LogP contribution in [-0.4, -0.2) is 35.0 Å². The zero-order chi connectivity index (χ0) is 17.5. The molecule has 0 aliphatic heterocycles. The second kappa shape index (κ2) is 6.16. The fourth-order valence-corrected chi connectivity index (χ4v) is 3.73. The monoisotopic (exact) mass is 349 g/mol. The summed E-state index contributed by atoms with van der Waals surface area (Å²) in [4.78, 5) is 12.8. The molecule has 1 aliphatic rings. The number of aromatic nitrogens is 4. The lowest BCUT2D eigenvalue weighted by Crippen LogP contribution is -2.29. The van der Waals surface area contributed by atoms with Crippen molar-refractivity contribution >= 4 is 16.0 Å². The summed E-state index contributed by atoms with van der Waals surface area (Å²) in [6.45, 7) is 6.46. The number of rotatable bonds is 6. The number of hydrogen-bond acceptors (Lipinski definition) is 5. The number of nitrogens with zero attached hydrogens (tertiary/aromatic N) is 5. The van der Waals surface area contributed by atoms with E-state index in [4.69, 9.17) is 0 Å². The van der Waals surface area contributed by atoms with Crippen LogP contribution in [0.25, 0.3) is 0 Å². The van der Waals surface area contributed by atoms with Crippen molar-refractivity contribution in [3.05, 3.63) is 29.5 Å². The number of sulfonamides is 1. The van der Waals surface area contributed by atoms with Gasteiger partial charge >= 0.3 is 0 Å². The summed E-state index contributed by atoms with van der Waals surface area (Å²) < 4.78 is 28.9. The van der Waals surface area contributed by atoms with Gasteiger partial charge in [-0.05, 0) is 38.7 Å². The van der Waals surface area contributed by atoms with E-state index in [1.54, 1.807) is 6.20 Å². The van der Waals surface area contributed by atoms with Crippen LogP contribution in [0.3, 0.4) is 0 Å². The Labute approximate surface area is 142 Å². The first-order chi connectivity index (χ1) is 11.3. The van der Waals surface area contributed by atoms with Crippen molar-refractivity contribution in [2.24, 2.45) is 5.92 Å². The van der Waals surface area contributed by atoms with Crippen molar-refractivity contribution < 1.29 is 8.42 Å². The molecule has 0 atom stereocenters. The lowest BCUT2D eigenvalue weighted by molar-refractivity contribution is 0.588. The fraction of sp³-hybridized carbons (Fsp3) is 0.562. The normalized spacial score (nSPS) is 14.8. The first-order valence-corrected chi connectivity index (χ1v) is 9.62. The molecule has 8 heteroatoms. The molecule has 2 aromatic rings. The number of aryl methyl sites for hydroxylation is 3. The molecular weight excluding hydrogens is 326 g/mol. The lowest BCUT2D eigenvalue weighted by atomic mass is 10.4. The molecule has 0 unspecified atom stereocenters. The molecular formula is C16H23N5O2S. The molecule has 0 N–H and O–H groups in total. The zero-order valence-electron chi connectivity index (χ0n) is 14.5. The quantitative estimate of drug-likeness (QED) is 0.797. The van der Waals surface area contributed by atoms with Crippen molar-refractivity contribution in [1.82, 2.24) is 19.5 Å². The van der Waals surface area contributed by atoms with Gasteiger partial charge in [-0.3, -0.25) is 0 Å². The summed E-state index contributed by atoms with van der Waals surface area (Å²) >= 11 is 0. The van der Waals surface area contributed by atoms with Gasteiger partial charge in [-0.15, -0.1) is 0 Å². The maximum Gasteiger partial charge on any atom is 0.285 e. The fourth-order valence-electron chi connectivity index (χ4n) is 2.67. The van der Waals surface area contributed by atoms with Gasteiger partial charge in [0.25, 0.3) is 10.0 Å². The second-order valence-electron chi connectivity index (χ2n) is 6.37. The third-order valence-electron chi connectivity index (χ3n) is 4.18. The van der Waals surface area contributed by atoms with Crippen LogP contribution in [0, 0.1) is 19.8 Å². The molecule has 0 saturated heterocycles. The number of anilines is 1. The minimum atomic E-state index is -3.78. The second-order valence-corrected chi connectivity index (χ2v) is 8.28. The summed E-state index contributed by atoms with van der Waals surface area (Å²) in [7, 11) is -2.31. The minimum absolute atomic E-state index is 0.0604. The predicted octanol–water partition coefficient (Wildman–Crippen LogP) is 2.09. The lowest BCUT2D eigenvalue weighted by Gasteiger charge is -2.16. The number of imidazole rings is 1. The highest BCUT2D eigenvalue weighted by atomic mass is 32.2. The molecule has 0 bridgehead atoms. The van der Waals surface area contributed by atoms with Gasteiger partial charge in [-0.1, -0.05) is 6.92 Å². The Morgan fingerprint density at radius 3 is 2.38 bits per heavy atom. The standard InChI is InChI=1S/C16H23N5O2S/c1-5-14-19-15(10-21(14)9-13-6-7-13)24(22,23)20(4)16-17-11(2)8-12(3)18-16/h8,10,13H,5-7,9H2,1-4H3. The van der Waals surface area contributed by atoms with Crippen LogP contribution in [0.15, 0.2) is 17.3 Å². The molecule has 130 valence electrons. The van der Waals surface area contributed by atoms with Gasteiger partial charge in [0.2, 0.25) is 5.95 Å². The summed E-state index contributed by atoms with van der Waals surface area (Å²) in [5, 5.41) is 0.0604. The smallest absolute Gasteiger partial charge is 0.285 e. The molecule has 1 fully saturated rings. The molecule has 0 radical (unpaired) electrons. The van der Waals surface area contributed by atoms with Crippen molar-refractivity contribution in [2.45, 2.75) is 51.6 Å². The van der Waals surface area contributed by atoms with Gasteiger partial charge in [0.1, 0.15) is 5.82 Å². The maximum absolute atomic E-state index is 12.9. The first-order valence-electron chi connectivity index (χ1n) is 8.18. The van der Waals surface area contributed by atoms with E-state index in [9.17, 15) is 8.42 Å². The van der Waals surface area contributed by atoms with Crippen molar-refractivity contribution in [2.75, 3.05) is 11.4 Å². The minimum Gasteiger partial charge on any atom is -0.333 e. The Hall–Kier alpha value is -1.96. The van der Waals surface area contributed by atoms with Gasteiger partial charge in [-0.2, -0.15) is 8.42 Å². The average Bonchev–Trinajstić information content (AvgIpc) is 3.22. The third-order valence-corrected chi connectivity index (χ3v) is 5.79. The van der Waals surface area contributed by atoms with Gasteiger partial charge in [0, 0.05) is 37.6 Å². The Kier molecular flexibility index (Phi) is 4.33. The summed E-state index contributed by atoms with van der Waals surface area (Å²) in [6, 6.07) is 1.81.